The number of esters is 1. The van der Waals surface area contributed by atoms with Gasteiger partial charge in [-0.1, -0.05) is 0 Å². The minimum Gasteiger partial charge on any atom is -0.458 e. The molecule has 1 atom stereocenters. The summed E-state index contributed by atoms with van der Waals surface area (Å²) < 4.78 is 39.3. The Balaban J connectivity index is 2.93. The summed E-state index contributed by atoms with van der Waals surface area (Å²) in [5.41, 5.74) is -0.855. The number of hydrogen-bond donors (Lipinski definition) is 3. The molecule has 0 bridgehead atoms. The van der Waals surface area contributed by atoms with E-state index in [-0.39, 0.29) is 5.56 Å². The van der Waals surface area contributed by atoms with Crippen LogP contribution in [0.15, 0.2) is 24.3 Å². The van der Waals surface area contributed by atoms with Crippen molar-refractivity contribution in [2.75, 3.05) is 18.9 Å². The van der Waals surface area contributed by atoms with Crippen LogP contribution in [0.25, 0.3) is 0 Å². The standard InChI is InChI=1S/C22H33F2N3O5/c1-20(2,3)31-18(29)16(27-17(28)14-8-10-15(25-7)11-9-14)12-22(23,24)13-26-19(30)32-21(4,5)6/h8-11,16,25H,12-13H2,1-7H3,(H,26,30)(H,27,28). The van der Waals surface area contributed by atoms with Crippen LogP contribution in [-0.2, 0) is 14.3 Å². The van der Waals surface area contributed by atoms with Gasteiger partial charge in [0.15, 0.2) is 0 Å². The molecule has 32 heavy (non-hydrogen) atoms. The molecule has 8 nitrogen and oxygen atoms in total. The molecule has 1 aromatic rings. The Hall–Kier alpha value is -2.91. The van der Waals surface area contributed by atoms with Gasteiger partial charge in [-0.05, 0) is 65.8 Å². The summed E-state index contributed by atoms with van der Waals surface area (Å²) in [5, 5.41) is 7.20. The molecule has 0 saturated heterocycles. The second-order valence-corrected chi connectivity index (χ2v) is 9.30. The molecule has 1 unspecified atom stereocenters. The van der Waals surface area contributed by atoms with Gasteiger partial charge in [0.2, 0.25) is 0 Å². The molecule has 10 heteroatoms. The molecule has 0 spiro atoms. The fourth-order valence-electron chi connectivity index (χ4n) is 2.48. The lowest BCUT2D eigenvalue weighted by atomic mass is 10.1. The van der Waals surface area contributed by atoms with Crippen molar-refractivity contribution in [3.05, 3.63) is 29.8 Å². The number of halogens is 2. The fourth-order valence-corrected chi connectivity index (χ4v) is 2.48. The lowest BCUT2D eigenvalue weighted by Crippen LogP contribution is -2.49. The van der Waals surface area contributed by atoms with Crippen LogP contribution in [-0.4, -0.2) is 54.7 Å². The van der Waals surface area contributed by atoms with E-state index in [1.807, 2.05) is 5.32 Å². The topological polar surface area (TPSA) is 106 Å². The number of nitrogens with one attached hydrogen (secondary N) is 3. The smallest absolute Gasteiger partial charge is 0.407 e. The number of rotatable bonds is 8. The zero-order chi connectivity index (χ0) is 24.7. The van der Waals surface area contributed by atoms with Crippen molar-refractivity contribution in [2.45, 2.75) is 71.1 Å². The summed E-state index contributed by atoms with van der Waals surface area (Å²) in [6.07, 6.45) is -2.09. The second kappa shape index (κ2) is 10.6. The predicted molar refractivity (Wildman–Crippen MR) is 117 cm³/mol. The zero-order valence-electron chi connectivity index (χ0n) is 19.6. The van der Waals surface area contributed by atoms with E-state index in [9.17, 15) is 23.2 Å². The third-order valence-electron chi connectivity index (χ3n) is 3.83. The molecule has 0 aromatic heterocycles. The normalized spacial score (nSPS) is 13.0. The number of carbonyl (C=O) groups excluding carboxylic acids is 3. The van der Waals surface area contributed by atoms with Gasteiger partial charge in [-0.3, -0.25) is 4.79 Å². The number of amides is 2. The Labute approximate surface area is 187 Å². The Kier molecular flexibility index (Phi) is 8.99. The number of anilines is 1. The van der Waals surface area contributed by atoms with Crippen LogP contribution in [0, 0.1) is 0 Å². The number of hydrogen-bond acceptors (Lipinski definition) is 6. The van der Waals surface area contributed by atoms with Gasteiger partial charge in [-0.15, -0.1) is 0 Å². The Bertz CT molecular complexity index is 799. The van der Waals surface area contributed by atoms with Crippen LogP contribution >= 0.6 is 0 Å². The van der Waals surface area contributed by atoms with E-state index in [0.29, 0.717) is 0 Å². The van der Waals surface area contributed by atoms with E-state index < -0.39 is 54.1 Å². The van der Waals surface area contributed by atoms with Crippen LogP contribution in [0.2, 0.25) is 0 Å². The zero-order valence-corrected chi connectivity index (χ0v) is 19.6. The highest BCUT2D eigenvalue weighted by atomic mass is 19.3. The molecule has 180 valence electrons. The number of carbonyl (C=O) groups is 3. The molecule has 1 aromatic carbocycles. The molecule has 0 saturated carbocycles. The van der Waals surface area contributed by atoms with Crippen molar-refractivity contribution in [3.8, 4) is 0 Å². The van der Waals surface area contributed by atoms with Crippen molar-refractivity contribution in [1.29, 1.82) is 0 Å². The van der Waals surface area contributed by atoms with Gasteiger partial charge in [-0.2, -0.15) is 0 Å². The third kappa shape index (κ3) is 10.4. The van der Waals surface area contributed by atoms with Crippen LogP contribution in [0.1, 0.15) is 58.3 Å². The van der Waals surface area contributed by atoms with Crippen molar-refractivity contribution in [3.63, 3.8) is 0 Å². The maximum atomic E-state index is 14.6. The fraction of sp³-hybridized carbons (Fsp3) is 0.591. The van der Waals surface area contributed by atoms with Crippen LogP contribution in [0.5, 0.6) is 0 Å². The number of benzene rings is 1. The molecular weight excluding hydrogens is 424 g/mol. The molecule has 0 fully saturated rings. The van der Waals surface area contributed by atoms with Gasteiger partial charge in [0.1, 0.15) is 17.2 Å². The van der Waals surface area contributed by atoms with Gasteiger partial charge >= 0.3 is 12.1 Å². The molecule has 0 aliphatic heterocycles. The molecule has 0 heterocycles. The summed E-state index contributed by atoms with van der Waals surface area (Å²) >= 11 is 0. The van der Waals surface area contributed by atoms with Crippen LogP contribution in [0.4, 0.5) is 19.3 Å². The highest BCUT2D eigenvalue weighted by Gasteiger charge is 2.39. The van der Waals surface area contributed by atoms with E-state index in [0.717, 1.165) is 5.69 Å². The Morgan fingerprint density at radius 2 is 1.47 bits per heavy atom. The summed E-state index contributed by atoms with van der Waals surface area (Å²) in [7, 11) is 1.71. The van der Waals surface area contributed by atoms with Crippen molar-refractivity contribution < 1.29 is 32.6 Å². The number of alkyl halides is 2. The number of alkyl carbamates (subject to hydrolysis) is 1. The highest BCUT2D eigenvalue weighted by molar-refractivity contribution is 5.97. The summed E-state index contributed by atoms with van der Waals surface area (Å²) in [4.78, 5) is 36.8. The minimum absolute atomic E-state index is 0.188. The van der Waals surface area contributed by atoms with Gasteiger partial charge in [0, 0.05) is 24.7 Å². The molecule has 0 aliphatic rings. The SMILES string of the molecule is CNc1ccc(C(=O)NC(CC(F)(F)CNC(=O)OC(C)(C)C)C(=O)OC(C)(C)C)cc1. The van der Waals surface area contributed by atoms with Gasteiger partial charge in [0.25, 0.3) is 11.8 Å². The largest absolute Gasteiger partial charge is 0.458 e. The van der Waals surface area contributed by atoms with Gasteiger partial charge < -0.3 is 25.4 Å². The maximum absolute atomic E-state index is 14.6. The molecular formula is C22H33F2N3O5. The van der Waals surface area contributed by atoms with Crippen LogP contribution < -0.4 is 16.0 Å². The summed E-state index contributed by atoms with van der Waals surface area (Å²) in [6, 6.07) is 4.62. The van der Waals surface area contributed by atoms with E-state index in [4.69, 9.17) is 9.47 Å². The van der Waals surface area contributed by atoms with E-state index >= 15 is 0 Å². The average molecular weight is 458 g/mol. The summed E-state index contributed by atoms with van der Waals surface area (Å²) in [6.45, 7) is 8.48. The second-order valence-electron chi connectivity index (χ2n) is 9.30. The lowest BCUT2D eigenvalue weighted by molar-refractivity contribution is -0.159. The minimum atomic E-state index is -3.53. The molecule has 2 amide bonds. The van der Waals surface area contributed by atoms with Gasteiger partial charge in [-0.25, -0.2) is 18.4 Å². The first-order valence-corrected chi connectivity index (χ1v) is 10.2. The Morgan fingerprint density at radius 3 is 1.94 bits per heavy atom. The first-order chi connectivity index (χ1) is 14.5. The Morgan fingerprint density at radius 1 is 0.938 bits per heavy atom. The van der Waals surface area contributed by atoms with Gasteiger partial charge in [0.05, 0.1) is 6.54 Å². The third-order valence-corrected chi connectivity index (χ3v) is 3.83. The number of ether oxygens (including phenoxy) is 2. The first-order valence-electron chi connectivity index (χ1n) is 10.2. The quantitative estimate of drug-likeness (QED) is 0.514. The van der Waals surface area contributed by atoms with Crippen LogP contribution in [0.3, 0.4) is 0 Å². The predicted octanol–water partition coefficient (Wildman–Crippen LogP) is 3.72. The van der Waals surface area contributed by atoms with E-state index in [1.165, 1.54) is 12.1 Å². The average Bonchev–Trinajstić information content (AvgIpc) is 2.63. The maximum Gasteiger partial charge on any atom is 0.407 e. The van der Waals surface area contributed by atoms with E-state index in [2.05, 4.69) is 10.6 Å². The molecule has 1 rings (SSSR count). The lowest BCUT2D eigenvalue weighted by Gasteiger charge is -2.27. The van der Waals surface area contributed by atoms with Crippen molar-refractivity contribution >= 4 is 23.7 Å². The van der Waals surface area contributed by atoms with Crippen molar-refractivity contribution in [1.82, 2.24) is 10.6 Å². The van der Waals surface area contributed by atoms with Crippen molar-refractivity contribution in [2.24, 2.45) is 0 Å². The highest BCUT2D eigenvalue weighted by Crippen LogP contribution is 2.22. The molecule has 0 aliphatic carbocycles. The molecule has 3 N–H and O–H groups in total. The first kappa shape index (κ1) is 27.1. The molecule has 0 radical (unpaired) electrons. The summed E-state index contributed by atoms with van der Waals surface area (Å²) in [5.74, 6) is -5.24. The van der Waals surface area contributed by atoms with E-state index in [1.54, 1.807) is 60.7 Å². The monoisotopic (exact) mass is 457 g/mol.